The Morgan fingerprint density at radius 2 is 1.96 bits per heavy atom. The van der Waals surface area contributed by atoms with Gasteiger partial charge >= 0.3 is 0 Å². The molecule has 27 heavy (non-hydrogen) atoms. The Hall–Kier alpha value is -1.99. The maximum absolute atomic E-state index is 12.1. The van der Waals surface area contributed by atoms with Crippen molar-refractivity contribution in [2.45, 2.75) is 30.7 Å². The summed E-state index contributed by atoms with van der Waals surface area (Å²) in [6, 6.07) is 9.05. The Bertz CT molecular complexity index is 765. The summed E-state index contributed by atoms with van der Waals surface area (Å²) in [7, 11) is 1.55. The normalized spacial score (nSPS) is 14.5. The van der Waals surface area contributed by atoms with Crippen molar-refractivity contribution in [1.82, 2.24) is 10.2 Å². The van der Waals surface area contributed by atoms with Crippen molar-refractivity contribution in [2.75, 3.05) is 36.2 Å². The van der Waals surface area contributed by atoms with Crippen molar-refractivity contribution in [3.05, 3.63) is 35.4 Å². The van der Waals surface area contributed by atoms with Crippen LogP contribution in [0.1, 0.15) is 25.7 Å². The molecule has 0 unspecified atom stereocenters. The van der Waals surface area contributed by atoms with Gasteiger partial charge in [0, 0.05) is 18.8 Å². The number of carbonyl (C=O) groups is 1. The number of nitrogens with one attached hydrogen (secondary N) is 1. The molecule has 1 saturated heterocycles. The molecular formula is C19H23ClN4O2S. The predicted octanol–water partition coefficient (Wildman–Crippen LogP) is 4.25. The molecule has 0 aliphatic carbocycles. The van der Waals surface area contributed by atoms with Crippen LogP contribution in [-0.2, 0) is 4.79 Å². The number of rotatable bonds is 6. The first-order valence-corrected chi connectivity index (χ1v) is 10.4. The van der Waals surface area contributed by atoms with E-state index in [2.05, 4.69) is 20.4 Å². The summed E-state index contributed by atoms with van der Waals surface area (Å²) in [5.41, 5.74) is 0.633. The highest BCUT2D eigenvalue weighted by Gasteiger charge is 2.12. The lowest BCUT2D eigenvalue weighted by atomic mass is 10.2. The summed E-state index contributed by atoms with van der Waals surface area (Å²) in [4.78, 5) is 14.4. The molecule has 0 bridgehead atoms. The van der Waals surface area contributed by atoms with E-state index in [0.717, 1.165) is 23.9 Å². The minimum Gasteiger partial charge on any atom is -0.495 e. The van der Waals surface area contributed by atoms with Gasteiger partial charge < -0.3 is 15.0 Å². The van der Waals surface area contributed by atoms with E-state index in [4.69, 9.17) is 16.3 Å². The van der Waals surface area contributed by atoms with Gasteiger partial charge in [0.25, 0.3) is 0 Å². The lowest BCUT2D eigenvalue weighted by Gasteiger charge is -2.20. The molecule has 8 heteroatoms. The third-order valence-corrected chi connectivity index (χ3v) is 5.56. The smallest absolute Gasteiger partial charge is 0.234 e. The second-order valence-corrected chi connectivity index (χ2v) is 7.72. The number of ether oxygens (including phenoxy) is 1. The fraction of sp³-hybridized carbons (Fsp3) is 0.421. The number of carbonyl (C=O) groups excluding carboxylic acids is 1. The first kappa shape index (κ1) is 19.8. The molecule has 1 aliphatic rings. The molecule has 1 N–H and O–H groups in total. The molecule has 0 atom stereocenters. The number of halogens is 1. The average Bonchev–Trinajstić information content (AvgIpc) is 2.96. The van der Waals surface area contributed by atoms with Crippen LogP contribution in [0.4, 0.5) is 11.5 Å². The molecule has 0 saturated carbocycles. The summed E-state index contributed by atoms with van der Waals surface area (Å²) < 4.78 is 5.10. The van der Waals surface area contributed by atoms with Gasteiger partial charge in [0.15, 0.2) is 5.82 Å². The van der Waals surface area contributed by atoms with Crippen LogP contribution in [0.5, 0.6) is 5.75 Å². The van der Waals surface area contributed by atoms with E-state index < -0.39 is 0 Å². The molecule has 2 aromatic rings. The first-order chi connectivity index (χ1) is 13.2. The third kappa shape index (κ3) is 5.74. The van der Waals surface area contributed by atoms with Crippen LogP contribution in [0.2, 0.25) is 5.02 Å². The zero-order chi connectivity index (χ0) is 19.1. The van der Waals surface area contributed by atoms with Crippen molar-refractivity contribution in [3.8, 4) is 5.75 Å². The number of aromatic nitrogens is 2. The highest BCUT2D eigenvalue weighted by atomic mass is 35.5. The van der Waals surface area contributed by atoms with E-state index in [0.29, 0.717) is 16.5 Å². The van der Waals surface area contributed by atoms with Crippen molar-refractivity contribution >= 4 is 40.8 Å². The van der Waals surface area contributed by atoms with Gasteiger partial charge in [0.05, 0.1) is 17.9 Å². The Balaban J connectivity index is 1.50. The maximum atomic E-state index is 12.1. The number of thioether (sulfide) groups is 1. The summed E-state index contributed by atoms with van der Waals surface area (Å²) in [5.74, 6) is 1.61. The molecular weight excluding hydrogens is 384 g/mol. The van der Waals surface area contributed by atoms with Crippen molar-refractivity contribution < 1.29 is 9.53 Å². The monoisotopic (exact) mass is 406 g/mol. The van der Waals surface area contributed by atoms with E-state index in [1.165, 1.54) is 37.4 Å². The second-order valence-electron chi connectivity index (χ2n) is 6.32. The molecule has 1 fully saturated rings. The number of amides is 1. The van der Waals surface area contributed by atoms with E-state index in [1.54, 1.807) is 25.3 Å². The quantitative estimate of drug-likeness (QED) is 0.723. The van der Waals surface area contributed by atoms with Crippen LogP contribution in [0.3, 0.4) is 0 Å². The largest absolute Gasteiger partial charge is 0.495 e. The minimum atomic E-state index is -0.125. The molecule has 1 amide bonds. The van der Waals surface area contributed by atoms with Crippen LogP contribution >= 0.6 is 23.4 Å². The molecule has 1 aromatic heterocycles. The topological polar surface area (TPSA) is 67.3 Å². The highest BCUT2D eigenvalue weighted by Crippen LogP contribution is 2.27. The van der Waals surface area contributed by atoms with Crippen LogP contribution in [0, 0.1) is 0 Å². The molecule has 0 spiro atoms. The SMILES string of the molecule is COc1ccc(NC(=O)CSc2ccc(N3CCCCCC3)nn2)cc1Cl. The predicted molar refractivity (Wildman–Crippen MR) is 110 cm³/mol. The Morgan fingerprint density at radius 1 is 1.19 bits per heavy atom. The minimum absolute atomic E-state index is 0.125. The molecule has 1 aliphatic heterocycles. The van der Waals surface area contributed by atoms with Gasteiger partial charge in [-0.1, -0.05) is 36.2 Å². The third-order valence-electron chi connectivity index (χ3n) is 4.34. The Kier molecular flexibility index (Phi) is 7.18. The van der Waals surface area contributed by atoms with Gasteiger partial charge in [-0.25, -0.2) is 0 Å². The summed E-state index contributed by atoms with van der Waals surface area (Å²) in [6.07, 6.45) is 4.97. The number of benzene rings is 1. The van der Waals surface area contributed by atoms with Gasteiger partial charge in [-0.05, 0) is 43.2 Å². The Labute approximate surface area is 168 Å². The van der Waals surface area contributed by atoms with E-state index in [9.17, 15) is 4.79 Å². The number of hydrogen-bond donors (Lipinski definition) is 1. The van der Waals surface area contributed by atoms with Crippen molar-refractivity contribution in [3.63, 3.8) is 0 Å². The van der Waals surface area contributed by atoms with Crippen LogP contribution < -0.4 is 15.0 Å². The number of methoxy groups -OCH3 is 1. The van der Waals surface area contributed by atoms with E-state index >= 15 is 0 Å². The maximum Gasteiger partial charge on any atom is 0.234 e. The molecule has 2 heterocycles. The number of anilines is 2. The number of nitrogens with zero attached hydrogens (tertiary/aromatic N) is 3. The van der Waals surface area contributed by atoms with Gasteiger partial charge in [-0.2, -0.15) is 0 Å². The van der Waals surface area contributed by atoms with E-state index in [-0.39, 0.29) is 11.7 Å². The van der Waals surface area contributed by atoms with Gasteiger partial charge in [-0.15, -0.1) is 10.2 Å². The standard InChI is InChI=1S/C19H23ClN4O2S/c1-26-16-7-6-14(12-15(16)20)21-18(25)13-27-19-9-8-17(22-23-19)24-10-4-2-3-5-11-24/h6-9,12H,2-5,10-11,13H2,1H3,(H,21,25). The molecule has 1 aromatic carbocycles. The summed E-state index contributed by atoms with van der Waals surface area (Å²) >= 11 is 7.43. The fourth-order valence-electron chi connectivity index (χ4n) is 2.94. The molecule has 3 rings (SSSR count). The van der Waals surface area contributed by atoms with Crippen LogP contribution in [0.25, 0.3) is 0 Å². The highest BCUT2D eigenvalue weighted by molar-refractivity contribution is 7.99. The van der Waals surface area contributed by atoms with E-state index in [1.807, 2.05) is 12.1 Å². The van der Waals surface area contributed by atoms with Crippen molar-refractivity contribution in [2.24, 2.45) is 0 Å². The lowest BCUT2D eigenvalue weighted by molar-refractivity contribution is -0.113. The van der Waals surface area contributed by atoms with Gasteiger partial charge in [0.2, 0.25) is 5.91 Å². The van der Waals surface area contributed by atoms with Crippen LogP contribution in [-0.4, -0.2) is 42.1 Å². The first-order valence-electron chi connectivity index (χ1n) is 9.00. The molecule has 144 valence electrons. The zero-order valence-corrected chi connectivity index (χ0v) is 16.9. The fourth-order valence-corrected chi connectivity index (χ4v) is 3.81. The van der Waals surface area contributed by atoms with Gasteiger partial charge in [-0.3, -0.25) is 4.79 Å². The Morgan fingerprint density at radius 3 is 2.59 bits per heavy atom. The molecule has 0 radical (unpaired) electrons. The summed E-state index contributed by atoms with van der Waals surface area (Å²) in [5, 5.41) is 12.6. The summed E-state index contributed by atoms with van der Waals surface area (Å²) in [6.45, 7) is 2.07. The van der Waals surface area contributed by atoms with Crippen LogP contribution in [0.15, 0.2) is 35.4 Å². The van der Waals surface area contributed by atoms with Crippen molar-refractivity contribution in [1.29, 1.82) is 0 Å². The lowest BCUT2D eigenvalue weighted by Crippen LogP contribution is -2.25. The zero-order valence-electron chi connectivity index (χ0n) is 15.3. The average molecular weight is 407 g/mol. The number of hydrogen-bond acceptors (Lipinski definition) is 6. The molecule has 6 nitrogen and oxygen atoms in total. The second kappa shape index (κ2) is 9.80. The van der Waals surface area contributed by atoms with Gasteiger partial charge in [0.1, 0.15) is 10.8 Å².